The van der Waals surface area contributed by atoms with E-state index in [0.717, 1.165) is 24.4 Å². The van der Waals surface area contributed by atoms with Crippen molar-refractivity contribution in [3.8, 4) is 28.5 Å². The Hall–Kier alpha value is -3.90. The van der Waals surface area contributed by atoms with E-state index in [1.54, 1.807) is 0 Å². The van der Waals surface area contributed by atoms with E-state index in [0.29, 0.717) is 0 Å². The van der Waals surface area contributed by atoms with Crippen LogP contribution >= 0.6 is 0 Å². The number of carbonyl (C=O) groups excluding carboxylic acids is 1. The number of carbonyl (C=O) groups is 1. The molecule has 7 nitrogen and oxygen atoms in total. The first-order valence-electron chi connectivity index (χ1n) is 10.1. The molecule has 2 heterocycles. The van der Waals surface area contributed by atoms with E-state index in [9.17, 15) is 35.9 Å². The van der Waals surface area contributed by atoms with Crippen molar-refractivity contribution in [1.82, 2.24) is 20.3 Å². The number of amides is 1. The van der Waals surface area contributed by atoms with E-state index in [1.165, 1.54) is 18.2 Å². The Morgan fingerprint density at radius 3 is 2.51 bits per heavy atom. The Morgan fingerprint density at radius 1 is 1.17 bits per heavy atom. The topological polar surface area (TPSA) is 97.0 Å². The number of rotatable bonds is 7. The monoisotopic (exact) mass is 498 g/mol. The Labute approximate surface area is 193 Å². The zero-order valence-electron chi connectivity index (χ0n) is 17.6. The normalized spacial score (nSPS) is 14.6. The predicted octanol–water partition coefficient (Wildman–Crippen LogP) is 4.20. The summed E-state index contributed by atoms with van der Waals surface area (Å²) in [6, 6.07) is 7.09. The van der Waals surface area contributed by atoms with Crippen LogP contribution in [0.15, 0.2) is 47.4 Å². The minimum atomic E-state index is -4.66. The Balaban J connectivity index is 1.57. The number of nitrogens with zero attached hydrogens (tertiary/aromatic N) is 2. The first-order valence-corrected chi connectivity index (χ1v) is 10.1. The molecule has 0 radical (unpaired) electrons. The second-order valence-electron chi connectivity index (χ2n) is 7.82. The molecule has 4 rings (SSSR count). The van der Waals surface area contributed by atoms with E-state index in [2.05, 4.69) is 25.0 Å². The van der Waals surface area contributed by atoms with Gasteiger partial charge in [0.1, 0.15) is 17.1 Å². The molecular formula is C22H16F6N4O3. The molecule has 0 atom stereocenters. The molecule has 2 aromatic heterocycles. The summed E-state index contributed by atoms with van der Waals surface area (Å²) in [5.41, 5.74) is -2.63. The molecule has 1 saturated carbocycles. The molecular weight excluding hydrogens is 482 g/mol. The van der Waals surface area contributed by atoms with Gasteiger partial charge in [-0.1, -0.05) is 6.07 Å². The third-order valence-corrected chi connectivity index (χ3v) is 5.45. The number of aromatic nitrogens is 3. The maximum absolute atomic E-state index is 14.6. The van der Waals surface area contributed by atoms with Crippen LogP contribution in [0.2, 0.25) is 0 Å². The van der Waals surface area contributed by atoms with Gasteiger partial charge in [0.05, 0.1) is 11.3 Å². The van der Waals surface area contributed by atoms with Gasteiger partial charge in [-0.3, -0.25) is 9.59 Å². The third kappa shape index (κ3) is 5.12. The number of pyridine rings is 1. The first-order chi connectivity index (χ1) is 16.5. The van der Waals surface area contributed by atoms with Gasteiger partial charge < -0.3 is 15.0 Å². The highest BCUT2D eigenvalue weighted by molar-refractivity contribution is 5.86. The van der Waals surface area contributed by atoms with Crippen molar-refractivity contribution < 1.29 is 35.9 Å². The summed E-state index contributed by atoms with van der Waals surface area (Å²) in [5, 5.41) is 2.23. The summed E-state index contributed by atoms with van der Waals surface area (Å²) in [6.45, 7) is -3.37. The summed E-state index contributed by atoms with van der Waals surface area (Å²) in [5.74, 6) is -2.49. The number of H-pyrrole nitrogens is 1. The van der Waals surface area contributed by atoms with Gasteiger partial charge in [-0.05, 0) is 36.6 Å². The van der Waals surface area contributed by atoms with Crippen LogP contribution in [-0.2, 0) is 11.3 Å². The van der Waals surface area contributed by atoms with Gasteiger partial charge >= 0.3 is 12.8 Å². The Kier molecular flexibility index (Phi) is 6.26. The molecule has 1 aromatic carbocycles. The smallest absolute Gasteiger partial charge is 0.403 e. The van der Waals surface area contributed by atoms with Crippen LogP contribution in [0.1, 0.15) is 18.4 Å². The molecule has 1 aliphatic rings. The molecule has 0 aliphatic heterocycles. The van der Waals surface area contributed by atoms with Gasteiger partial charge in [0.2, 0.25) is 11.8 Å². The number of nitrogens with one attached hydrogen (secondary N) is 2. The molecule has 184 valence electrons. The second kappa shape index (κ2) is 9.04. The van der Waals surface area contributed by atoms with E-state index >= 15 is 0 Å². The molecule has 1 fully saturated rings. The highest BCUT2D eigenvalue weighted by Crippen LogP contribution is 2.57. The van der Waals surface area contributed by atoms with Crippen LogP contribution in [-0.4, -0.2) is 33.6 Å². The number of hydrogen-bond acceptors (Lipinski definition) is 5. The van der Waals surface area contributed by atoms with Crippen LogP contribution in [0, 0.1) is 11.2 Å². The summed E-state index contributed by atoms with van der Waals surface area (Å²) in [4.78, 5) is 34.5. The minimum absolute atomic E-state index is 0.0544. The van der Waals surface area contributed by atoms with E-state index < -0.39 is 35.5 Å². The summed E-state index contributed by atoms with van der Waals surface area (Å²) in [7, 11) is 0. The molecule has 13 heteroatoms. The van der Waals surface area contributed by atoms with E-state index in [1.807, 2.05) is 0 Å². The zero-order valence-corrected chi connectivity index (χ0v) is 17.6. The number of aromatic amines is 1. The number of halogens is 6. The fraction of sp³-hybridized carbons (Fsp3) is 0.273. The van der Waals surface area contributed by atoms with Crippen molar-refractivity contribution in [3.05, 3.63) is 64.3 Å². The SMILES string of the molecule is O=C(NCc1ccc(F)c(-c2nc(-c3ccc(OC(F)F)nc3)cc(=O)[nH]2)c1)C1(C(F)(F)F)CC1. The van der Waals surface area contributed by atoms with Gasteiger partial charge in [-0.25, -0.2) is 14.4 Å². The molecule has 0 spiro atoms. The van der Waals surface area contributed by atoms with Crippen LogP contribution in [0.5, 0.6) is 5.88 Å². The highest BCUT2D eigenvalue weighted by atomic mass is 19.4. The number of alkyl halides is 5. The minimum Gasteiger partial charge on any atom is -0.417 e. The van der Waals surface area contributed by atoms with Crippen molar-refractivity contribution in [2.75, 3.05) is 0 Å². The van der Waals surface area contributed by atoms with E-state index in [4.69, 9.17) is 0 Å². The molecule has 35 heavy (non-hydrogen) atoms. The second-order valence-corrected chi connectivity index (χ2v) is 7.82. The average Bonchev–Trinajstić information content (AvgIpc) is 3.60. The lowest BCUT2D eigenvalue weighted by atomic mass is 10.1. The Morgan fingerprint density at radius 2 is 1.91 bits per heavy atom. The maximum Gasteiger partial charge on any atom is 0.403 e. The summed E-state index contributed by atoms with van der Waals surface area (Å²) in [6.07, 6.45) is -4.11. The number of ether oxygens (including phenoxy) is 1. The third-order valence-electron chi connectivity index (χ3n) is 5.45. The molecule has 0 saturated heterocycles. The molecule has 0 unspecified atom stereocenters. The average molecular weight is 498 g/mol. The molecule has 1 aliphatic carbocycles. The van der Waals surface area contributed by atoms with Gasteiger partial charge in [0.25, 0.3) is 5.56 Å². The Bertz CT molecular complexity index is 1300. The fourth-order valence-electron chi connectivity index (χ4n) is 3.41. The summed E-state index contributed by atoms with van der Waals surface area (Å²) >= 11 is 0. The van der Waals surface area contributed by atoms with Crippen LogP contribution in [0.3, 0.4) is 0 Å². The maximum atomic E-state index is 14.6. The predicted molar refractivity (Wildman–Crippen MR) is 110 cm³/mol. The molecule has 3 aromatic rings. The van der Waals surface area contributed by atoms with Crippen molar-refractivity contribution >= 4 is 5.91 Å². The first kappa shape index (κ1) is 24.2. The quantitative estimate of drug-likeness (QED) is 0.476. The van der Waals surface area contributed by atoms with Crippen molar-refractivity contribution in [2.45, 2.75) is 32.2 Å². The highest BCUT2D eigenvalue weighted by Gasteiger charge is 2.68. The molecule has 0 bridgehead atoms. The van der Waals surface area contributed by atoms with Crippen molar-refractivity contribution in [1.29, 1.82) is 0 Å². The van der Waals surface area contributed by atoms with Gasteiger partial charge in [-0.15, -0.1) is 0 Å². The lowest BCUT2D eigenvalue weighted by Crippen LogP contribution is -2.40. The zero-order chi connectivity index (χ0) is 25.4. The fourth-order valence-corrected chi connectivity index (χ4v) is 3.41. The lowest BCUT2D eigenvalue weighted by Gasteiger charge is -2.18. The molecule has 1 amide bonds. The van der Waals surface area contributed by atoms with Crippen LogP contribution < -0.4 is 15.6 Å². The summed E-state index contributed by atoms with van der Waals surface area (Å²) < 4.78 is 82.6. The number of benzene rings is 1. The van der Waals surface area contributed by atoms with Gasteiger partial charge in [0, 0.05) is 30.4 Å². The van der Waals surface area contributed by atoms with Gasteiger partial charge in [-0.2, -0.15) is 22.0 Å². The van der Waals surface area contributed by atoms with Gasteiger partial charge in [0.15, 0.2) is 0 Å². The van der Waals surface area contributed by atoms with E-state index in [-0.39, 0.29) is 53.5 Å². The standard InChI is InChI=1S/C22H16F6N4O3/c23-14-3-1-11(9-30-19(34)21(5-6-21)22(26,27)28)7-13(14)18-31-15(8-16(33)32-18)12-2-4-17(29-10-12)35-20(24)25/h1-4,7-8,10,20H,5-6,9H2,(H,30,34)(H,31,32,33). The van der Waals surface area contributed by atoms with Crippen LogP contribution in [0.25, 0.3) is 22.6 Å². The van der Waals surface area contributed by atoms with Crippen molar-refractivity contribution in [3.63, 3.8) is 0 Å². The van der Waals surface area contributed by atoms with Crippen molar-refractivity contribution in [2.24, 2.45) is 5.41 Å². The lowest BCUT2D eigenvalue weighted by molar-refractivity contribution is -0.192. The largest absolute Gasteiger partial charge is 0.417 e. The number of hydrogen-bond donors (Lipinski definition) is 2. The molecule has 2 N–H and O–H groups in total. The van der Waals surface area contributed by atoms with Crippen LogP contribution in [0.4, 0.5) is 26.3 Å².